The smallest absolute Gasteiger partial charge is 0.254 e. The summed E-state index contributed by atoms with van der Waals surface area (Å²) in [4.78, 5) is 23.1. The lowest BCUT2D eigenvalue weighted by Crippen LogP contribution is -2.29. The van der Waals surface area contributed by atoms with Crippen LogP contribution in [0.1, 0.15) is 36.6 Å². The van der Waals surface area contributed by atoms with Crippen LogP contribution in [0.4, 0.5) is 0 Å². The van der Waals surface area contributed by atoms with Crippen LogP contribution in [0.3, 0.4) is 0 Å². The molecule has 1 aromatic carbocycles. The first-order chi connectivity index (χ1) is 14.6. The Morgan fingerprint density at radius 1 is 1.10 bits per heavy atom. The Balaban J connectivity index is 1.45. The molecule has 0 saturated carbocycles. The Morgan fingerprint density at radius 3 is 2.57 bits per heavy atom. The van der Waals surface area contributed by atoms with Crippen molar-refractivity contribution in [3.63, 3.8) is 0 Å². The molecule has 0 aliphatic heterocycles. The summed E-state index contributed by atoms with van der Waals surface area (Å²) in [5.74, 6) is 1.62. The lowest BCUT2D eigenvalue weighted by atomic mass is 10.2. The minimum Gasteiger partial charge on any atom is -0.467 e. The minimum atomic E-state index is 0.00382. The predicted octanol–water partition coefficient (Wildman–Crippen LogP) is 6.55. The summed E-state index contributed by atoms with van der Waals surface area (Å²) in [6.45, 7) is 5.11. The molecule has 3 heterocycles. The molecule has 4 nitrogen and oxygen atoms in total. The molecule has 0 saturated heterocycles. The molecule has 0 bridgehead atoms. The number of thiazole rings is 1. The standard InChI is InChI=1S/C23H22N2O2S3/c1-16-5-8-22(30-16)13-25(12-20-4-3-11-27-20)23(26)18-6-9-21(10-7-18)29-15-19-14-28-17(2)24-19/h3-11,14H,12-13,15H2,1-2H3. The Morgan fingerprint density at radius 2 is 1.93 bits per heavy atom. The highest BCUT2D eigenvalue weighted by Gasteiger charge is 2.18. The third kappa shape index (κ3) is 5.41. The number of nitrogens with zero attached hydrogens (tertiary/aromatic N) is 2. The zero-order chi connectivity index (χ0) is 20.9. The van der Waals surface area contributed by atoms with Crippen molar-refractivity contribution < 1.29 is 9.21 Å². The summed E-state index contributed by atoms with van der Waals surface area (Å²) in [6.07, 6.45) is 1.64. The van der Waals surface area contributed by atoms with Crippen molar-refractivity contribution in [1.82, 2.24) is 9.88 Å². The molecule has 30 heavy (non-hydrogen) atoms. The molecule has 7 heteroatoms. The van der Waals surface area contributed by atoms with Gasteiger partial charge in [-0.3, -0.25) is 4.79 Å². The number of hydrogen-bond acceptors (Lipinski definition) is 6. The first kappa shape index (κ1) is 20.9. The van der Waals surface area contributed by atoms with Gasteiger partial charge in [-0.25, -0.2) is 4.98 Å². The summed E-state index contributed by atoms with van der Waals surface area (Å²) in [5, 5.41) is 3.18. The average molecular weight is 455 g/mol. The third-order valence-electron chi connectivity index (χ3n) is 4.51. The SMILES string of the molecule is Cc1ccc(CN(Cc2ccco2)C(=O)c2ccc(SCc3csc(C)n3)cc2)s1. The number of furan rings is 1. The summed E-state index contributed by atoms with van der Waals surface area (Å²) < 4.78 is 5.49. The number of thiophene rings is 1. The van der Waals surface area contributed by atoms with Crippen molar-refractivity contribution in [2.45, 2.75) is 37.6 Å². The molecule has 0 spiro atoms. The van der Waals surface area contributed by atoms with Gasteiger partial charge >= 0.3 is 0 Å². The van der Waals surface area contributed by atoms with E-state index in [0.29, 0.717) is 18.7 Å². The van der Waals surface area contributed by atoms with E-state index in [-0.39, 0.29) is 5.91 Å². The second-order valence-corrected chi connectivity index (χ2v) is 10.4. The van der Waals surface area contributed by atoms with Crippen LogP contribution in [-0.4, -0.2) is 15.8 Å². The van der Waals surface area contributed by atoms with Crippen molar-refractivity contribution in [3.8, 4) is 0 Å². The van der Waals surface area contributed by atoms with Crippen LogP contribution in [0, 0.1) is 13.8 Å². The predicted molar refractivity (Wildman–Crippen MR) is 124 cm³/mol. The Labute approximate surface area is 188 Å². The molecule has 0 N–H and O–H groups in total. The van der Waals surface area contributed by atoms with Gasteiger partial charge in [0.2, 0.25) is 0 Å². The van der Waals surface area contributed by atoms with Crippen LogP contribution < -0.4 is 0 Å². The zero-order valence-electron chi connectivity index (χ0n) is 16.8. The van der Waals surface area contributed by atoms with Gasteiger partial charge in [0.25, 0.3) is 5.91 Å². The van der Waals surface area contributed by atoms with Crippen molar-refractivity contribution in [3.05, 3.63) is 92.0 Å². The summed E-state index contributed by atoms with van der Waals surface area (Å²) in [6, 6.07) is 15.8. The fourth-order valence-electron chi connectivity index (χ4n) is 3.06. The number of hydrogen-bond donors (Lipinski definition) is 0. The van der Waals surface area contributed by atoms with E-state index in [9.17, 15) is 4.79 Å². The molecule has 4 aromatic rings. The van der Waals surface area contributed by atoms with Gasteiger partial charge in [0.05, 0.1) is 30.1 Å². The molecule has 154 valence electrons. The zero-order valence-corrected chi connectivity index (χ0v) is 19.3. The van der Waals surface area contributed by atoms with E-state index in [0.717, 1.165) is 32.0 Å². The number of aromatic nitrogens is 1. The highest BCUT2D eigenvalue weighted by atomic mass is 32.2. The van der Waals surface area contributed by atoms with Gasteiger partial charge in [-0.2, -0.15) is 0 Å². The highest BCUT2D eigenvalue weighted by Crippen LogP contribution is 2.25. The maximum atomic E-state index is 13.2. The molecular weight excluding hydrogens is 432 g/mol. The Hall–Kier alpha value is -2.35. The normalized spacial score (nSPS) is 11.0. The molecule has 0 aliphatic rings. The van der Waals surface area contributed by atoms with Gasteiger partial charge in [0.15, 0.2) is 0 Å². The lowest BCUT2D eigenvalue weighted by molar-refractivity contribution is 0.0719. The number of carbonyl (C=O) groups is 1. The summed E-state index contributed by atoms with van der Waals surface area (Å²) in [5.41, 5.74) is 1.78. The highest BCUT2D eigenvalue weighted by molar-refractivity contribution is 7.98. The van der Waals surface area contributed by atoms with Gasteiger partial charge in [-0.15, -0.1) is 34.4 Å². The second-order valence-electron chi connectivity index (χ2n) is 6.92. The molecule has 1 amide bonds. The largest absolute Gasteiger partial charge is 0.467 e. The second kappa shape index (κ2) is 9.64. The number of benzene rings is 1. The van der Waals surface area contributed by atoms with Crippen molar-refractivity contribution in [2.24, 2.45) is 0 Å². The van der Waals surface area contributed by atoms with Crippen LogP contribution in [0.15, 0.2) is 69.5 Å². The molecule has 4 rings (SSSR count). The fraction of sp³-hybridized carbons (Fsp3) is 0.217. The van der Waals surface area contributed by atoms with Crippen LogP contribution in [0.25, 0.3) is 0 Å². The summed E-state index contributed by atoms with van der Waals surface area (Å²) >= 11 is 5.12. The van der Waals surface area contributed by atoms with Gasteiger partial charge < -0.3 is 9.32 Å². The summed E-state index contributed by atoms with van der Waals surface area (Å²) in [7, 11) is 0. The van der Waals surface area contributed by atoms with Gasteiger partial charge in [0, 0.05) is 31.3 Å². The molecule has 3 aromatic heterocycles. The molecular formula is C23H22N2O2S3. The van der Waals surface area contributed by atoms with Gasteiger partial charge in [0.1, 0.15) is 5.76 Å². The van der Waals surface area contributed by atoms with E-state index in [1.807, 2.05) is 48.2 Å². The van der Waals surface area contributed by atoms with E-state index >= 15 is 0 Å². The third-order valence-corrected chi connectivity index (χ3v) is 7.36. The van der Waals surface area contributed by atoms with E-state index in [4.69, 9.17) is 4.42 Å². The molecule has 0 unspecified atom stereocenters. The number of carbonyl (C=O) groups excluding carboxylic acids is 1. The molecule has 0 fully saturated rings. The first-order valence-corrected chi connectivity index (χ1v) is 12.3. The number of thioether (sulfide) groups is 1. The van der Waals surface area contributed by atoms with Crippen molar-refractivity contribution >= 4 is 40.3 Å². The maximum Gasteiger partial charge on any atom is 0.254 e. The number of rotatable bonds is 8. The minimum absolute atomic E-state index is 0.00382. The van der Waals surface area contributed by atoms with E-state index in [1.54, 1.807) is 40.7 Å². The quantitative estimate of drug-likeness (QED) is 0.283. The van der Waals surface area contributed by atoms with Crippen LogP contribution >= 0.6 is 34.4 Å². The van der Waals surface area contributed by atoms with Gasteiger partial charge in [-0.05, 0) is 62.4 Å². The molecule has 0 atom stereocenters. The monoisotopic (exact) mass is 454 g/mol. The van der Waals surface area contributed by atoms with Gasteiger partial charge in [-0.1, -0.05) is 0 Å². The van der Waals surface area contributed by atoms with Crippen molar-refractivity contribution in [1.29, 1.82) is 0 Å². The fourth-order valence-corrected chi connectivity index (χ4v) is 5.47. The number of aryl methyl sites for hydroxylation is 2. The maximum absolute atomic E-state index is 13.2. The molecule has 0 radical (unpaired) electrons. The lowest BCUT2D eigenvalue weighted by Gasteiger charge is -2.21. The van der Waals surface area contributed by atoms with E-state index in [1.165, 1.54) is 4.88 Å². The van der Waals surface area contributed by atoms with Crippen molar-refractivity contribution in [2.75, 3.05) is 0 Å². The number of amides is 1. The Bertz CT molecular complexity index is 1100. The van der Waals surface area contributed by atoms with E-state index in [2.05, 4.69) is 29.4 Å². The van der Waals surface area contributed by atoms with Crippen LogP contribution in [0.5, 0.6) is 0 Å². The Kier molecular flexibility index (Phi) is 6.72. The first-order valence-electron chi connectivity index (χ1n) is 9.57. The van der Waals surface area contributed by atoms with Crippen LogP contribution in [0.2, 0.25) is 0 Å². The topological polar surface area (TPSA) is 46.3 Å². The average Bonchev–Trinajstić information content (AvgIpc) is 3.49. The van der Waals surface area contributed by atoms with Crippen LogP contribution in [-0.2, 0) is 18.8 Å². The van der Waals surface area contributed by atoms with E-state index < -0.39 is 0 Å². The molecule has 0 aliphatic carbocycles.